The van der Waals surface area contributed by atoms with Crippen molar-refractivity contribution in [1.29, 1.82) is 0 Å². The third kappa shape index (κ3) is 4.27. The molecule has 2 aliphatic heterocycles. The molecular weight excluding hydrogens is 460 g/mol. The Kier molecular flexibility index (Phi) is 6.35. The Balaban J connectivity index is 1.27. The molecule has 2 saturated heterocycles. The van der Waals surface area contributed by atoms with Gasteiger partial charge in [0.15, 0.2) is 0 Å². The summed E-state index contributed by atoms with van der Waals surface area (Å²) in [7, 11) is 0. The average Bonchev–Trinajstić information content (AvgIpc) is 3.38. The van der Waals surface area contributed by atoms with Crippen molar-refractivity contribution in [2.75, 3.05) is 23.0 Å². The number of carbonyl (C=O) groups excluding carboxylic acids is 4. The molecule has 5 rings (SSSR count). The summed E-state index contributed by atoms with van der Waals surface area (Å²) < 4.78 is 11.0. The first-order valence-corrected chi connectivity index (χ1v) is 12.3. The number of rotatable bonds is 6. The first-order chi connectivity index (χ1) is 17.4. The highest BCUT2D eigenvalue weighted by Gasteiger charge is 2.50. The molecule has 0 unspecified atom stereocenters. The van der Waals surface area contributed by atoms with E-state index < -0.39 is 11.9 Å². The molecular formula is C28H28N2O6. The van der Waals surface area contributed by atoms with Gasteiger partial charge in [-0.05, 0) is 55.7 Å². The van der Waals surface area contributed by atoms with Crippen LogP contribution in [0.4, 0.5) is 11.4 Å². The molecule has 2 aromatic rings. The maximum Gasteiger partial charge on any atom is 0.316 e. The number of benzene rings is 2. The van der Waals surface area contributed by atoms with E-state index in [0.717, 1.165) is 0 Å². The molecule has 2 fully saturated rings. The van der Waals surface area contributed by atoms with Gasteiger partial charge in [0.2, 0.25) is 17.7 Å². The Bertz CT molecular complexity index is 1240. The summed E-state index contributed by atoms with van der Waals surface area (Å²) >= 11 is 0. The van der Waals surface area contributed by atoms with E-state index >= 15 is 0 Å². The molecule has 8 heteroatoms. The summed E-state index contributed by atoms with van der Waals surface area (Å²) in [5, 5.41) is 0. The van der Waals surface area contributed by atoms with Gasteiger partial charge in [-0.1, -0.05) is 25.1 Å². The van der Waals surface area contributed by atoms with Crippen LogP contribution in [0.5, 0.6) is 11.5 Å². The van der Waals surface area contributed by atoms with Crippen LogP contribution in [-0.2, 0) is 19.2 Å². The smallest absolute Gasteiger partial charge is 0.316 e. The van der Waals surface area contributed by atoms with E-state index in [0.29, 0.717) is 30.2 Å². The molecule has 0 bridgehead atoms. The summed E-state index contributed by atoms with van der Waals surface area (Å²) in [6.45, 7) is 4.60. The van der Waals surface area contributed by atoms with Gasteiger partial charge in [-0.15, -0.1) is 0 Å². The average molecular weight is 489 g/mol. The molecule has 2 aromatic carbocycles. The Hall–Kier alpha value is -3.94. The zero-order valence-corrected chi connectivity index (χ0v) is 20.3. The number of hydrogen-bond donors (Lipinski definition) is 0. The van der Waals surface area contributed by atoms with Crippen LogP contribution < -0.4 is 19.3 Å². The van der Waals surface area contributed by atoms with E-state index in [1.165, 1.54) is 11.0 Å². The number of hydrogen-bond acceptors (Lipinski definition) is 6. The van der Waals surface area contributed by atoms with Gasteiger partial charge in [0.1, 0.15) is 11.5 Å². The van der Waals surface area contributed by atoms with Crippen molar-refractivity contribution in [2.24, 2.45) is 23.7 Å². The van der Waals surface area contributed by atoms with Crippen LogP contribution in [0.3, 0.4) is 0 Å². The fourth-order valence-corrected chi connectivity index (χ4v) is 5.29. The second-order valence-corrected chi connectivity index (χ2v) is 9.42. The highest BCUT2D eigenvalue weighted by Crippen LogP contribution is 2.41. The maximum atomic E-state index is 13.1. The minimum absolute atomic E-state index is 0.00978. The second kappa shape index (κ2) is 9.60. The molecule has 2 heterocycles. The predicted molar refractivity (Wildman–Crippen MR) is 133 cm³/mol. The molecule has 1 aliphatic carbocycles. The maximum absolute atomic E-state index is 13.1. The minimum Gasteiger partial charge on any atom is -0.494 e. The van der Waals surface area contributed by atoms with E-state index in [2.05, 4.69) is 0 Å². The van der Waals surface area contributed by atoms with Crippen molar-refractivity contribution in [3.05, 3.63) is 60.7 Å². The molecule has 186 valence electrons. The van der Waals surface area contributed by atoms with Crippen LogP contribution in [0.25, 0.3) is 0 Å². The fraction of sp³-hybridized carbons (Fsp3) is 0.357. The van der Waals surface area contributed by atoms with Crippen LogP contribution in [0.15, 0.2) is 60.7 Å². The molecule has 8 nitrogen and oxygen atoms in total. The molecule has 0 spiro atoms. The molecule has 0 N–H and O–H groups in total. The monoisotopic (exact) mass is 488 g/mol. The molecule has 36 heavy (non-hydrogen) atoms. The first-order valence-electron chi connectivity index (χ1n) is 12.3. The first kappa shape index (κ1) is 23.8. The van der Waals surface area contributed by atoms with E-state index in [4.69, 9.17) is 9.47 Å². The van der Waals surface area contributed by atoms with Crippen molar-refractivity contribution < 1.29 is 28.7 Å². The lowest BCUT2D eigenvalue weighted by atomic mass is 9.78. The lowest BCUT2D eigenvalue weighted by molar-refractivity contribution is -0.139. The number of allylic oxidation sites excluding steroid dienone is 2. The topological polar surface area (TPSA) is 93.2 Å². The van der Waals surface area contributed by atoms with Crippen molar-refractivity contribution in [2.45, 2.75) is 26.7 Å². The van der Waals surface area contributed by atoms with Gasteiger partial charge in [-0.25, -0.2) is 4.90 Å². The summed E-state index contributed by atoms with van der Waals surface area (Å²) in [4.78, 5) is 54.4. The van der Waals surface area contributed by atoms with Gasteiger partial charge in [-0.2, -0.15) is 0 Å². The molecule has 0 saturated carbocycles. The normalized spacial score (nSPS) is 25.3. The highest BCUT2D eigenvalue weighted by atomic mass is 16.5. The van der Waals surface area contributed by atoms with Crippen LogP contribution in [0.2, 0.25) is 0 Å². The van der Waals surface area contributed by atoms with Crippen molar-refractivity contribution in [1.82, 2.24) is 0 Å². The number of ether oxygens (including phenoxy) is 2. The lowest BCUT2D eigenvalue weighted by Crippen LogP contribution is -2.31. The summed E-state index contributed by atoms with van der Waals surface area (Å²) in [6.07, 6.45) is 4.53. The number of nitrogens with zero attached hydrogens (tertiary/aromatic N) is 2. The van der Waals surface area contributed by atoms with Gasteiger partial charge >= 0.3 is 5.97 Å². The van der Waals surface area contributed by atoms with Crippen LogP contribution >= 0.6 is 0 Å². The van der Waals surface area contributed by atoms with E-state index in [-0.39, 0.29) is 54.2 Å². The molecule has 3 aliphatic rings. The van der Waals surface area contributed by atoms with Crippen LogP contribution in [-0.4, -0.2) is 36.8 Å². The van der Waals surface area contributed by atoms with Gasteiger partial charge in [0.25, 0.3) is 0 Å². The number of anilines is 2. The Morgan fingerprint density at radius 1 is 1.00 bits per heavy atom. The van der Waals surface area contributed by atoms with Crippen LogP contribution in [0, 0.1) is 23.7 Å². The zero-order chi connectivity index (χ0) is 25.4. The van der Waals surface area contributed by atoms with Crippen molar-refractivity contribution in [3.8, 4) is 11.5 Å². The molecule has 0 aromatic heterocycles. The predicted octanol–water partition coefficient (Wildman–Crippen LogP) is 3.75. The van der Waals surface area contributed by atoms with Crippen molar-refractivity contribution >= 4 is 35.1 Å². The largest absolute Gasteiger partial charge is 0.494 e. The minimum atomic E-state index is -0.627. The van der Waals surface area contributed by atoms with Crippen LogP contribution in [0.1, 0.15) is 26.7 Å². The van der Waals surface area contributed by atoms with E-state index in [1.807, 2.05) is 26.0 Å². The summed E-state index contributed by atoms with van der Waals surface area (Å²) in [5.74, 6) is -1.56. The van der Waals surface area contributed by atoms with Gasteiger partial charge in [-0.3, -0.25) is 19.2 Å². The third-order valence-electron chi connectivity index (χ3n) is 7.08. The number of imide groups is 1. The quantitative estimate of drug-likeness (QED) is 0.266. The third-order valence-corrected chi connectivity index (χ3v) is 7.08. The standard InChI is InChI=1S/C28H28N2O6/c1-3-35-21-12-10-19(11-13-21)29-16-18(14-24(29)31)28(34)36-22-8-5-7-20(15-22)30-26(32)23-9-4-6-17(2)25(23)27(30)33/h4-8,10-13,15,17-18,23,25H,3,9,14,16H2,1-2H3/t17-,18-,23+,25-/m0/s1. The summed E-state index contributed by atoms with van der Waals surface area (Å²) in [6, 6.07) is 13.6. The number of esters is 1. The fourth-order valence-electron chi connectivity index (χ4n) is 5.29. The Morgan fingerprint density at radius 2 is 1.78 bits per heavy atom. The zero-order valence-electron chi connectivity index (χ0n) is 20.3. The summed E-state index contributed by atoms with van der Waals surface area (Å²) in [5.41, 5.74) is 1.08. The number of fused-ring (bicyclic) bond motifs is 1. The van der Waals surface area contributed by atoms with Gasteiger partial charge < -0.3 is 14.4 Å². The van der Waals surface area contributed by atoms with Gasteiger partial charge in [0, 0.05) is 24.7 Å². The van der Waals surface area contributed by atoms with Crippen molar-refractivity contribution in [3.63, 3.8) is 0 Å². The SMILES string of the molecule is CCOc1ccc(N2C[C@@H](C(=O)Oc3cccc(N4C(=O)[C@H]5[C@@H](C)C=CC[C@H]5C4=O)c3)CC2=O)cc1. The van der Waals surface area contributed by atoms with Gasteiger partial charge in [0.05, 0.1) is 30.0 Å². The number of amides is 3. The Labute approximate surface area is 209 Å². The van der Waals surface area contributed by atoms with E-state index in [9.17, 15) is 19.2 Å². The second-order valence-electron chi connectivity index (χ2n) is 9.42. The lowest BCUT2D eigenvalue weighted by Gasteiger charge is -2.22. The molecule has 3 amide bonds. The van der Waals surface area contributed by atoms with E-state index in [1.54, 1.807) is 47.4 Å². The molecule has 0 radical (unpaired) electrons. The Morgan fingerprint density at radius 3 is 2.50 bits per heavy atom. The molecule has 4 atom stereocenters. The number of carbonyl (C=O) groups is 4. The highest BCUT2D eigenvalue weighted by molar-refractivity contribution is 6.22.